The molecule has 0 amide bonds. The maximum absolute atomic E-state index is 11.0. The van der Waals surface area contributed by atoms with Crippen LogP contribution in [0.25, 0.3) is 0 Å². The van der Waals surface area contributed by atoms with Crippen LogP contribution < -0.4 is 5.32 Å². The highest BCUT2D eigenvalue weighted by molar-refractivity contribution is 5.73. The molecule has 0 aromatic carbocycles. The van der Waals surface area contributed by atoms with Gasteiger partial charge in [0.1, 0.15) is 11.9 Å². The van der Waals surface area contributed by atoms with Crippen molar-refractivity contribution < 1.29 is 9.90 Å². The maximum Gasteiger partial charge on any atom is 0.320 e. The van der Waals surface area contributed by atoms with Gasteiger partial charge >= 0.3 is 5.97 Å². The fourth-order valence-corrected chi connectivity index (χ4v) is 1.60. The Morgan fingerprint density at radius 1 is 1.62 bits per heavy atom. The second-order valence-electron chi connectivity index (χ2n) is 4.07. The van der Waals surface area contributed by atoms with Gasteiger partial charge in [-0.3, -0.25) is 10.1 Å². The van der Waals surface area contributed by atoms with Crippen molar-refractivity contribution in [3.05, 3.63) is 18.2 Å². The SMILES string of the molecule is CCn1ccnc1CNC(C(=O)O)C(C)C. The minimum absolute atomic E-state index is 0.0579. The van der Waals surface area contributed by atoms with Crippen molar-refractivity contribution in [3.8, 4) is 0 Å². The van der Waals surface area contributed by atoms with Crippen molar-refractivity contribution in [3.63, 3.8) is 0 Å². The van der Waals surface area contributed by atoms with E-state index in [-0.39, 0.29) is 5.92 Å². The summed E-state index contributed by atoms with van der Waals surface area (Å²) in [7, 11) is 0. The summed E-state index contributed by atoms with van der Waals surface area (Å²) < 4.78 is 1.99. The number of nitrogens with one attached hydrogen (secondary N) is 1. The molecule has 1 heterocycles. The second kappa shape index (κ2) is 5.65. The number of hydrogen-bond donors (Lipinski definition) is 2. The number of hydrogen-bond acceptors (Lipinski definition) is 3. The molecule has 1 unspecified atom stereocenters. The lowest BCUT2D eigenvalue weighted by molar-refractivity contribution is -0.140. The van der Waals surface area contributed by atoms with Gasteiger partial charge in [-0.15, -0.1) is 0 Å². The van der Waals surface area contributed by atoms with Crippen LogP contribution in [-0.4, -0.2) is 26.7 Å². The van der Waals surface area contributed by atoms with E-state index in [4.69, 9.17) is 5.11 Å². The average molecular weight is 225 g/mol. The molecule has 5 nitrogen and oxygen atoms in total. The Morgan fingerprint density at radius 2 is 2.31 bits per heavy atom. The van der Waals surface area contributed by atoms with E-state index in [1.165, 1.54) is 0 Å². The first-order chi connectivity index (χ1) is 7.56. The lowest BCUT2D eigenvalue weighted by Crippen LogP contribution is -2.40. The Morgan fingerprint density at radius 3 is 2.81 bits per heavy atom. The first-order valence-corrected chi connectivity index (χ1v) is 5.52. The summed E-state index contributed by atoms with van der Waals surface area (Å²) in [6.45, 7) is 7.13. The van der Waals surface area contributed by atoms with Gasteiger partial charge in [0.15, 0.2) is 0 Å². The molecular weight excluding hydrogens is 206 g/mol. The van der Waals surface area contributed by atoms with Gasteiger partial charge < -0.3 is 9.67 Å². The van der Waals surface area contributed by atoms with Crippen LogP contribution in [0.1, 0.15) is 26.6 Å². The van der Waals surface area contributed by atoms with Gasteiger partial charge in [0.2, 0.25) is 0 Å². The predicted octanol–water partition coefficient (Wildman–Crippen LogP) is 1.10. The van der Waals surface area contributed by atoms with Crippen LogP contribution in [0.3, 0.4) is 0 Å². The maximum atomic E-state index is 11.0. The molecule has 2 N–H and O–H groups in total. The topological polar surface area (TPSA) is 67.2 Å². The van der Waals surface area contributed by atoms with Crippen LogP contribution >= 0.6 is 0 Å². The van der Waals surface area contributed by atoms with E-state index < -0.39 is 12.0 Å². The third-order valence-corrected chi connectivity index (χ3v) is 2.56. The Bertz CT molecular complexity index is 347. The number of carboxylic acid groups (broad SMARTS) is 1. The molecule has 0 saturated carbocycles. The first-order valence-electron chi connectivity index (χ1n) is 5.52. The number of nitrogens with zero attached hydrogens (tertiary/aromatic N) is 2. The Kier molecular flexibility index (Phi) is 4.49. The van der Waals surface area contributed by atoms with Gasteiger partial charge in [0, 0.05) is 18.9 Å². The van der Waals surface area contributed by atoms with Crippen LogP contribution in [0.2, 0.25) is 0 Å². The number of aliphatic carboxylic acids is 1. The number of imidazole rings is 1. The summed E-state index contributed by atoms with van der Waals surface area (Å²) in [4.78, 5) is 15.2. The Balaban J connectivity index is 2.59. The minimum Gasteiger partial charge on any atom is -0.480 e. The van der Waals surface area contributed by atoms with Gasteiger partial charge in [-0.25, -0.2) is 4.98 Å². The molecule has 0 aliphatic rings. The quantitative estimate of drug-likeness (QED) is 0.761. The molecule has 1 aromatic rings. The molecule has 90 valence electrons. The summed E-state index contributed by atoms with van der Waals surface area (Å²) in [5.74, 6) is 0.113. The van der Waals surface area contributed by atoms with E-state index in [2.05, 4.69) is 10.3 Å². The molecule has 0 bridgehead atoms. The number of carbonyl (C=O) groups is 1. The monoisotopic (exact) mass is 225 g/mol. The van der Waals surface area contributed by atoms with Crippen molar-refractivity contribution in [1.29, 1.82) is 0 Å². The number of aryl methyl sites for hydroxylation is 1. The molecule has 16 heavy (non-hydrogen) atoms. The standard InChI is InChI=1S/C11H19N3O2/c1-4-14-6-5-12-9(14)7-13-10(8(2)3)11(15)16/h5-6,8,10,13H,4,7H2,1-3H3,(H,15,16). The van der Waals surface area contributed by atoms with E-state index in [1.807, 2.05) is 31.5 Å². The molecular formula is C11H19N3O2. The summed E-state index contributed by atoms with van der Waals surface area (Å²) in [5.41, 5.74) is 0. The molecule has 1 atom stereocenters. The number of rotatable bonds is 6. The highest BCUT2D eigenvalue weighted by Gasteiger charge is 2.20. The van der Waals surface area contributed by atoms with E-state index in [0.29, 0.717) is 6.54 Å². The highest BCUT2D eigenvalue weighted by atomic mass is 16.4. The second-order valence-corrected chi connectivity index (χ2v) is 4.07. The van der Waals surface area contributed by atoms with Crippen molar-refractivity contribution >= 4 is 5.97 Å². The predicted molar refractivity (Wildman–Crippen MR) is 61.0 cm³/mol. The average Bonchev–Trinajstić information content (AvgIpc) is 2.64. The van der Waals surface area contributed by atoms with E-state index in [0.717, 1.165) is 12.4 Å². The van der Waals surface area contributed by atoms with Crippen LogP contribution in [-0.2, 0) is 17.9 Å². The van der Waals surface area contributed by atoms with Crippen LogP contribution in [0.5, 0.6) is 0 Å². The summed E-state index contributed by atoms with van der Waals surface area (Å²) in [5, 5.41) is 12.0. The largest absolute Gasteiger partial charge is 0.480 e. The molecule has 1 rings (SSSR count). The van der Waals surface area contributed by atoms with Crippen LogP contribution in [0, 0.1) is 5.92 Å². The van der Waals surface area contributed by atoms with Gasteiger partial charge in [-0.05, 0) is 12.8 Å². The molecule has 0 fully saturated rings. The van der Waals surface area contributed by atoms with E-state index in [9.17, 15) is 4.79 Å². The lowest BCUT2D eigenvalue weighted by Gasteiger charge is -2.17. The zero-order chi connectivity index (χ0) is 12.1. The van der Waals surface area contributed by atoms with Crippen molar-refractivity contribution in [2.45, 2.75) is 39.9 Å². The van der Waals surface area contributed by atoms with E-state index in [1.54, 1.807) is 6.20 Å². The molecule has 5 heteroatoms. The third-order valence-electron chi connectivity index (χ3n) is 2.56. The normalized spacial score (nSPS) is 13.0. The summed E-state index contributed by atoms with van der Waals surface area (Å²) >= 11 is 0. The fraction of sp³-hybridized carbons (Fsp3) is 0.636. The number of aromatic nitrogens is 2. The van der Waals surface area contributed by atoms with Gasteiger partial charge in [0.25, 0.3) is 0 Å². The van der Waals surface area contributed by atoms with Gasteiger partial charge in [-0.2, -0.15) is 0 Å². The molecule has 0 aliphatic heterocycles. The molecule has 0 radical (unpaired) electrons. The molecule has 1 aromatic heterocycles. The molecule has 0 aliphatic carbocycles. The Labute approximate surface area is 95.5 Å². The fourth-order valence-electron chi connectivity index (χ4n) is 1.60. The van der Waals surface area contributed by atoms with Crippen molar-refractivity contribution in [2.75, 3.05) is 0 Å². The molecule has 0 saturated heterocycles. The third kappa shape index (κ3) is 3.06. The lowest BCUT2D eigenvalue weighted by atomic mass is 10.1. The van der Waals surface area contributed by atoms with Crippen LogP contribution in [0.4, 0.5) is 0 Å². The van der Waals surface area contributed by atoms with E-state index >= 15 is 0 Å². The van der Waals surface area contributed by atoms with Crippen molar-refractivity contribution in [1.82, 2.24) is 14.9 Å². The zero-order valence-corrected chi connectivity index (χ0v) is 9.97. The molecule has 0 spiro atoms. The summed E-state index contributed by atoms with van der Waals surface area (Å²) in [6.07, 6.45) is 3.62. The van der Waals surface area contributed by atoms with Crippen molar-refractivity contribution in [2.24, 2.45) is 5.92 Å². The first kappa shape index (κ1) is 12.7. The highest BCUT2D eigenvalue weighted by Crippen LogP contribution is 2.04. The van der Waals surface area contributed by atoms with Crippen LogP contribution in [0.15, 0.2) is 12.4 Å². The van der Waals surface area contributed by atoms with Gasteiger partial charge in [-0.1, -0.05) is 13.8 Å². The smallest absolute Gasteiger partial charge is 0.320 e. The summed E-state index contributed by atoms with van der Waals surface area (Å²) in [6, 6.07) is -0.526. The Hall–Kier alpha value is -1.36. The number of carboxylic acids is 1. The zero-order valence-electron chi connectivity index (χ0n) is 9.97. The minimum atomic E-state index is -0.815. The van der Waals surface area contributed by atoms with Gasteiger partial charge in [0.05, 0.1) is 6.54 Å².